The summed E-state index contributed by atoms with van der Waals surface area (Å²) in [6.45, 7) is 2.55. The lowest BCUT2D eigenvalue weighted by Gasteiger charge is -2.13. The highest BCUT2D eigenvalue weighted by molar-refractivity contribution is 8.18. The van der Waals surface area contributed by atoms with E-state index in [-0.39, 0.29) is 18.2 Å². The number of carbonyl (C=O) groups is 1. The van der Waals surface area contributed by atoms with E-state index in [1.807, 2.05) is 49.4 Å². The topological polar surface area (TPSA) is 103 Å². The molecule has 1 heterocycles. The maximum atomic E-state index is 12.4. The van der Waals surface area contributed by atoms with Crippen LogP contribution in [0.2, 0.25) is 0 Å². The van der Waals surface area contributed by atoms with Crippen LogP contribution in [-0.4, -0.2) is 22.6 Å². The first-order valence-electron chi connectivity index (χ1n) is 10.5. The zero-order valence-electron chi connectivity index (χ0n) is 18.3. The number of aliphatic imine (C=N–C) groups is 1. The number of hydrogen-bond acceptors (Lipinski definition) is 7. The van der Waals surface area contributed by atoms with Crippen molar-refractivity contribution in [2.45, 2.75) is 13.5 Å². The Morgan fingerprint density at radius 2 is 1.79 bits per heavy atom. The van der Waals surface area contributed by atoms with Crippen molar-refractivity contribution in [2.75, 3.05) is 6.61 Å². The van der Waals surface area contributed by atoms with Gasteiger partial charge in [0.05, 0.1) is 22.1 Å². The van der Waals surface area contributed by atoms with Gasteiger partial charge in [0, 0.05) is 12.1 Å². The standard InChI is InChI=1S/C25H21N3O5S/c1-2-32-22-14-18(10-13-21(22)33-16-17-8-11-20(12-9-17)28(30)31)15-23-24(29)27-25(34-23)26-19-6-4-3-5-7-19/h3-15H,2,16H2,1H3,(H,26,27,29)/b23-15+. The number of hydrogen-bond donors (Lipinski definition) is 1. The van der Waals surface area contributed by atoms with Crippen molar-refractivity contribution in [2.24, 2.45) is 4.99 Å². The van der Waals surface area contributed by atoms with Gasteiger partial charge in [0.25, 0.3) is 11.6 Å². The minimum atomic E-state index is -0.440. The van der Waals surface area contributed by atoms with Gasteiger partial charge in [-0.25, -0.2) is 4.99 Å². The zero-order valence-corrected chi connectivity index (χ0v) is 19.1. The van der Waals surface area contributed by atoms with Crippen LogP contribution in [0.25, 0.3) is 6.08 Å². The second-order valence-electron chi connectivity index (χ2n) is 7.17. The molecule has 0 spiro atoms. The summed E-state index contributed by atoms with van der Waals surface area (Å²) < 4.78 is 11.6. The Hall–Kier alpha value is -4.11. The molecule has 3 aromatic carbocycles. The number of non-ortho nitro benzene ring substituents is 1. The fourth-order valence-electron chi connectivity index (χ4n) is 3.13. The number of amides is 1. The average Bonchev–Trinajstić information content (AvgIpc) is 3.18. The number of nitrogens with one attached hydrogen (secondary N) is 1. The Bertz CT molecular complexity index is 1260. The number of nitro benzene ring substituents is 1. The van der Waals surface area contributed by atoms with E-state index in [1.165, 1.54) is 23.9 Å². The van der Waals surface area contributed by atoms with Crippen LogP contribution in [0, 0.1) is 10.1 Å². The van der Waals surface area contributed by atoms with Gasteiger partial charge in [0.1, 0.15) is 6.61 Å². The molecule has 1 aliphatic heterocycles. The Morgan fingerprint density at radius 3 is 2.50 bits per heavy atom. The van der Waals surface area contributed by atoms with Crippen molar-refractivity contribution in [1.29, 1.82) is 0 Å². The number of ether oxygens (including phenoxy) is 2. The lowest BCUT2D eigenvalue weighted by atomic mass is 10.1. The van der Waals surface area contributed by atoms with Crippen molar-refractivity contribution in [3.8, 4) is 11.5 Å². The third kappa shape index (κ3) is 5.81. The molecule has 0 unspecified atom stereocenters. The van der Waals surface area contributed by atoms with E-state index in [4.69, 9.17) is 9.47 Å². The second-order valence-corrected chi connectivity index (χ2v) is 8.20. The molecule has 0 bridgehead atoms. The van der Waals surface area contributed by atoms with Crippen LogP contribution in [-0.2, 0) is 11.4 Å². The molecule has 1 saturated heterocycles. The lowest BCUT2D eigenvalue weighted by molar-refractivity contribution is -0.384. The van der Waals surface area contributed by atoms with Gasteiger partial charge >= 0.3 is 0 Å². The largest absolute Gasteiger partial charge is 0.490 e. The molecule has 1 amide bonds. The molecule has 4 rings (SSSR count). The molecule has 0 atom stereocenters. The van der Waals surface area contributed by atoms with Gasteiger partial charge < -0.3 is 14.8 Å². The molecule has 0 saturated carbocycles. The summed E-state index contributed by atoms with van der Waals surface area (Å²) in [4.78, 5) is 27.7. The van der Waals surface area contributed by atoms with Crippen LogP contribution in [0.1, 0.15) is 18.1 Å². The number of benzene rings is 3. The molecule has 0 aromatic heterocycles. The fourth-order valence-corrected chi connectivity index (χ4v) is 3.97. The molecule has 1 N–H and O–H groups in total. The Morgan fingerprint density at radius 1 is 1.03 bits per heavy atom. The quantitative estimate of drug-likeness (QED) is 0.263. The van der Waals surface area contributed by atoms with Gasteiger partial charge in [-0.3, -0.25) is 14.9 Å². The van der Waals surface area contributed by atoms with Crippen LogP contribution in [0.5, 0.6) is 11.5 Å². The Kier molecular flexibility index (Phi) is 7.24. The first-order chi connectivity index (χ1) is 16.5. The summed E-state index contributed by atoms with van der Waals surface area (Å²) in [7, 11) is 0. The molecule has 8 nitrogen and oxygen atoms in total. The zero-order chi connectivity index (χ0) is 23.9. The lowest BCUT2D eigenvalue weighted by Crippen LogP contribution is -2.19. The van der Waals surface area contributed by atoms with Crippen LogP contribution in [0.15, 0.2) is 82.7 Å². The Balaban J connectivity index is 1.48. The summed E-state index contributed by atoms with van der Waals surface area (Å²) in [6, 6.07) is 21.0. The third-order valence-corrected chi connectivity index (χ3v) is 5.65. The highest BCUT2D eigenvalue weighted by Crippen LogP contribution is 2.33. The number of carbonyl (C=O) groups excluding carboxylic acids is 1. The predicted octanol–water partition coefficient (Wildman–Crippen LogP) is 5.46. The second kappa shape index (κ2) is 10.7. The summed E-state index contributed by atoms with van der Waals surface area (Å²) in [6.07, 6.45) is 1.77. The predicted molar refractivity (Wildman–Crippen MR) is 132 cm³/mol. The van der Waals surface area contributed by atoms with Crippen molar-refractivity contribution >= 4 is 40.3 Å². The summed E-state index contributed by atoms with van der Waals surface area (Å²) in [5.41, 5.74) is 2.37. The van der Waals surface area contributed by atoms with Gasteiger partial charge in [-0.05, 0) is 72.3 Å². The van der Waals surface area contributed by atoms with Gasteiger partial charge in [-0.2, -0.15) is 0 Å². The average molecular weight is 476 g/mol. The maximum absolute atomic E-state index is 12.4. The first-order valence-corrected chi connectivity index (χ1v) is 11.3. The maximum Gasteiger partial charge on any atom is 0.269 e. The molecule has 9 heteroatoms. The SMILES string of the molecule is CCOc1cc(/C=C2/SC(=Nc3ccccc3)NC2=O)ccc1OCc1ccc([N+](=O)[O-])cc1. The monoisotopic (exact) mass is 475 g/mol. The van der Waals surface area contributed by atoms with Crippen LogP contribution < -0.4 is 14.8 Å². The van der Waals surface area contributed by atoms with Gasteiger partial charge in [-0.1, -0.05) is 24.3 Å². The molecule has 0 radical (unpaired) electrons. The van der Waals surface area contributed by atoms with Crippen LogP contribution in [0.4, 0.5) is 11.4 Å². The summed E-state index contributed by atoms with van der Waals surface area (Å²) in [5.74, 6) is 0.869. The minimum Gasteiger partial charge on any atom is -0.490 e. The first kappa shape index (κ1) is 23.1. The number of nitro groups is 1. The molecule has 34 heavy (non-hydrogen) atoms. The molecule has 172 valence electrons. The molecule has 0 aliphatic carbocycles. The van der Waals surface area contributed by atoms with Gasteiger partial charge in [-0.15, -0.1) is 0 Å². The van der Waals surface area contributed by atoms with E-state index >= 15 is 0 Å². The third-order valence-electron chi connectivity index (χ3n) is 4.74. The normalized spacial score (nSPS) is 15.4. The fraction of sp³-hybridized carbons (Fsp3) is 0.120. The summed E-state index contributed by atoms with van der Waals surface area (Å²) >= 11 is 1.27. The van der Waals surface area contributed by atoms with E-state index in [9.17, 15) is 14.9 Å². The van der Waals surface area contributed by atoms with E-state index in [1.54, 1.807) is 24.3 Å². The van der Waals surface area contributed by atoms with Crippen molar-refractivity contribution in [1.82, 2.24) is 5.32 Å². The van der Waals surface area contributed by atoms with Gasteiger partial charge in [0.15, 0.2) is 16.7 Å². The van der Waals surface area contributed by atoms with E-state index in [0.717, 1.165) is 16.8 Å². The van der Waals surface area contributed by atoms with E-state index in [0.29, 0.717) is 28.2 Å². The van der Waals surface area contributed by atoms with E-state index in [2.05, 4.69) is 10.3 Å². The number of para-hydroxylation sites is 1. The number of thioether (sulfide) groups is 1. The van der Waals surface area contributed by atoms with Crippen molar-refractivity contribution in [3.63, 3.8) is 0 Å². The number of amidine groups is 1. The molecular weight excluding hydrogens is 454 g/mol. The molecule has 1 aliphatic rings. The van der Waals surface area contributed by atoms with Crippen molar-refractivity contribution in [3.05, 3.63) is 98.9 Å². The van der Waals surface area contributed by atoms with E-state index < -0.39 is 4.92 Å². The highest BCUT2D eigenvalue weighted by atomic mass is 32.2. The number of rotatable bonds is 8. The van der Waals surface area contributed by atoms with Gasteiger partial charge in [0.2, 0.25) is 0 Å². The van der Waals surface area contributed by atoms with Crippen molar-refractivity contribution < 1.29 is 19.2 Å². The molecule has 1 fully saturated rings. The highest BCUT2D eigenvalue weighted by Gasteiger charge is 2.24. The molecular formula is C25H21N3O5S. The summed E-state index contributed by atoms with van der Waals surface area (Å²) in [5, 5.41) is 14.1. The van der Waals surface area contributed by atoms with Crippen LogP contribution >= 0.6 is 11.8 Å². The smallest absolute Gasteiger partial charge is 0.269 e. The molecule has 3 aromatic rings. The van der Waals surface area contributed by atoms with Crippen LogP contribution in [0.3, 0.4) is 0 Å². The minimum absolute atomic E-state index is 0.0296. The Labute approximate surface area is 200 Å². The number of nitrogens with zero attached hydrogens (tertiary/aromatic N) is 2.